The highest BCUT2D eigenvalue weighted by Gasteiger charge is 2.53. The highest BCUT2D eigenvalue weighted by Crippen LogP contribution is 2.40. The zero-order valence-electron chi connectivity index (χ0n) is 15.4. The Balaban J connectivity index is 2.24. The molecular weight excluding hydrogens is 407 g/mol. The van der Waals surface area contributed by atoms with Crippen molar-refractivity contribution < 1.29 is 46.5 Å². The number of hydrogen-bond acceptors (Lipinski definition) is 9. The van der Waals surface area contributed by atoms with Crippen molar-refractivity contribution in [2.75, 3.05) is 6.61 Å². The fourth-order valence-electron chi connectivity index (χ4n) is 2.82. The van der Waals surface area contributed by atoms with Gasteiger partial charge < -0.3 is 18.9 Å². The Labute approximate surface area is 163 Å². The van der Waals surface area contributed by atoms with E-state index < -0.39 is 60.3 Å². The van der Waals surface area contributed by atoms with Gasteiger partial charge >= 0.3 is 24.1 Å². The number of halogens is 3. The first-order valence-electron chi connectivity index (χ1n) is 8.39. The predicted molar refractivity (Wildman–Crippen MR) is 90.5 cm³/mol. The normalized spacial score (nSPS) is 29.5. The summed E-state index contributed by atoms with van der Waals surface area (Å²) in [6.07, 6.45) is -8.93. The number of carbonyl (C=O) groups excluding carboxylic acids is 3. The maximum Gasteiger partial charge on any atom is 0.389 e. The van der Waals surface area contributed by atoms with Crippen LogP contribution < -0.4 is 0 Å². The molecule has 8 nitrogen and oxygen atoms in total. The van der Waals surface area contributed by atoms with E-state index in [1.165, 1.54) is 6.92 Å². The monoisotopic (exact) mass is 427 g/mol. The third-order valence-electron chi connectivity index (χ3n) is 3.84. The van der Waals surface area contributed by atoms with Gasteiger partial charge in [-0.1, -0.05) is 11.8 Å². The first-order valence-corrected chi connectivity index (χ1v) is 9.27. The van der Waals surface area contributed by atoms with Crippen LogP contribution in [0.1, 0.15) is 33.6 Å². The lowest BCUT2D eigenvalue weighted by atomic mass is 9.97. The number of rotatable bonds is 6. The third-order valence-corrected chi connectivity index (χ3v) is 5.04. The van der Waals surface area contributed by atoms with Crippen molar-refractivity contribution in [1.29, 1.82) is 0 Å². The number of nitrogens with zero attached hydrogens (tertiary/aromatic N) is 1. The van der Waals surface area contributed by atoms with Gasteiger partial charge in [-0.05, 0) is 0 Å². The fraction of sp³-hybridized carbons (Fsp3) is 0.750. The van der Waals surface area contributed by atoms with Crippen LogP contribution in [0.15, 0.2) is 4.99 Å². The molecule has 0 aromatic carbocycles. The summed E-state index contributed by atoms with van der Waals surface area (Å²) in [4.78, 5) is 38.4. The summed E-state index contributed by atoms with van der Waals surface area (Å²) >= 11 is 0.981. The van der Waals surface area contributed by atoms with Gasteiger partial charge in [-0.3, -0.25) is 19.4 Å². The van der Waals surface area contributed by atoms with Crippen molar-refractivity contribution in [3.8, 4) is 0 Å². The second-order valence-corrected chi connectivity index (χ2v) is 7.41. The molecule has 2 aliphatic rings. The minimum Gasteiger partial charge on any atom is -0.463 e. The van der Waals surface area contributed by atoms with Crippen molar-refractivity contribution in [3.63, 3.8) is 0 Å². The van der Waals surface area contributed by atoms with Gasteiger partial charge in [-0.15, -0.1) is 0 Å². The Hall–Kier alpha value is -1.82. The first kappa shape index (κ1) is 22.5. The number of esters is 3. The van der Waals surface area contributed by atoms with Crippen molar-refractivity contribution in [3.05, 3.63) is 0 Å². The molecule has 28 heavy (non-hydrogen) atoms. The second kappa shape index (κ2) is 9.12. The molecule has 12 heteroatoms. The number of ether oxygens (including phenoxy) is 4. The summed E-state index contributed by atoms with van der Waals surface area (Å²) in [6.45, 7) is 3.18. The van der Waals surface area contributed by atoms with E-state index in [0.29, 0.717) is 0 Å². The Kier molecular flexibility index (Phi) is 7.32. The molecule has 0 radical (unpaired) electrons. The minimum absolute atomic E-state index is 0.194. The standard InChI is InChI=1S/C16H20F3NO7S/c1-7(21)24-6-10-13(25-8(2)22)14(26-9(3)23)12-15(27-10)28-11(20-12)4-5-16(17,18)19/h10,12-15H,4-6H2,1-3H3/t10-,12?,13?,14-,15?/m1/s1. The molecule has 1 fully saturated rings. The molecule has 0 spiro atoms. The van der Waals surface area contributed by atoms with Crippen LogP contribution in [0.5, 0.6) is 0 Å². The van der Waals surface area contributed by atoms with E-state index in [-0.39, 0.29) is 18.1 Å². The highest BCUT2D eigenvalue weighted by atomic mass is 32.2. The van der Waals surface area contributed by atoms with Crippen LogP contribution >= 0.6 is 11.8 Å². The predicted octanol–water partition coefficient (Wildman–Crippen LogP) is 1.99. The maximum atomic E-state index is 12.5. The zero-order chi connectivity index (χ0) is 21.1. The summed E-state index contributed by atoms with van der Waals surface area (Å²) in [5, 5.41) is 0.194. The molecule has 3 unspecified atom stereocenters. The van der Waals surface area contributed by atoms with E-state index in [9.17, 15) is 27.6 Å². The van der Waals surface area contributed by atoms with Crippen molar-refractivity contribution in [2.24, 2.45) is 4.99 Å². The maximum absolute atomic E-state index is 12.5. The number of alkyl halides is 3. The SMILES string of the molecule is CC(=O)OC[C@H]1OC2SC(CCC(F)(F)F)=NC2[C@@H](OC(C)=O)C1OC(C)=O. The summed E-state index contributed by atoms with van der Waals surface area (Å²) in [5.41, 5.74) is -0.764. The van der Waals surface area contributed by atoms with Crippen LogP contribution in [0.3, 0.4) is 0 Å². The van der Waals surface area contributed by atoms with E-state index in [1.54, 1.807) is 0 Å². The van der Waals surface area contributed by atoms with Crippen LogP contribution in [0.2, 0.25) is 0 Å². The smallest absolute Gasteiger partial charge is 0.389 e. The second-order valence-electron chi connectivity index (χ2n) is 6.24. The van der Waals surface area contributed by atoms with E-state index in [0.717, 1.165) is 25.6 Å². The lowest BCUT2D eigenvalue weighted by molar-refractivity contribution is -0.208. The number of aliphatic imine (C=N–C) groups is 1. The van der Waals surface area contributed by atoms with Crippen LogP contribution in [-0.4, -0.2) is 65.5 Å². The van der Waals surface area contributed by atoms with Gasteiger partial charge in [-0.2, -0.15) is 13.2 Å². The molecule has 0 saturated carbocycles. The van der Waals surface area contributed by atoms with Gasteiger partial charge in [0.2, 0.25) is 0 Å². The molecule has 1 saturated heterocycles. The minimum atomic E-state index is -4.34. The Morgan fingerprint density at radius 1 is 1.07 bits per heavy atom. The molecular formula is C16H20F3NO7S. The summed E-state index contributed by atoms with van der Waals surface area (Å²) in [7, 11) is 0. The molecule has 0 aliphatic carbocycles. The molecule has 2 heterocycles. The molecule has 0 aromatic rings. The molecule has 2 rings (SSSR count). The zero-order valence-corrected chi connectivity index (χ0v) is 16.2. The average Bonchev–Trinajstić information content (AvgIpc) is 2.95. The van der Waals surface area contributed by atoms with Crippen molar-refractivity contribution in [2.45, 2.75) is 69.6 Å². The Morgan fingerprint density at radius 3 is 2.21 bits per heavy atom. The third kappa shape index (κ3) is 6.36. The summed E-state index contributed by atoms with van der Waals surface area (Å²) in [5.74, 6) is -1.97. The lowest BCUT2D eigenvalue weighted by Crippen LogP contribution is -2.59. The Bertz CT molecular complexity index is 655. The van der Waals surface area contributed by atoms with Gasteiger partial charge in [-0.25, -0.2) is 0 Å². The van der Waals surface area contributed by atoms with E-state index >= 15 is 0 Å². The molecule has 0 bridgehead atoms. The van der Waals surface area contributed by atoms with Crippen molar-refractivity contribution in [1.82, 2.24) is 0 Å². The summed E-state index contributed by atoms with van der Waals surface area (Å²) < 4.78 is 58.7. The van der Waals surface area contributed by atoms with Crippen LogP contribution in [-0.2, 0) is 33.3 Å². The number of thioether (sulfide) groups is 1. The number of carbonyl (C=O) groups is 3. The fourth-order valence-corrected chi connectivity index (χ4v) is 4.05. The van der Waals surface area contributed by atoms with Crippen molar-refractivity contribution >= 4 is 34.7 Å². The lowest BCUT2D eigenvalue weighted by Gasteiger charge is -2.41. The molecule has 2 aliphatic heterocycles. The topological polar surface area (TPSA) is 100 Å². The van der Waals surface area contributed by atoms with Crippen LogP contribution in [0, 0.1) is 0 Å². The van der Waals surface area contributed by atoms with E-state index in [4.69, 9.17) is 18.9 Å². The quantitative estimate of drug-likeness (QED) is 0.469. The summed E-state index contributed by atoms with van der Waals surface area (Å²) in [6, 6.07) is -0.852. The number of hydrogen-bond donors (Lipinski definition) is 0. The molecule has 0 amide bonds. The van der Waals surface area contributed by atoms with E-state index in [2.05, 4.69) is 4.99 Å². The molecule has 0 aromatic heterocycles. The van der Waals surface area contributed by atoms with Gasteiger partial charge in [0, 0.05) is 33.6 Å². The molecule has 158 valence electrons. The molecule has 5 atom stereocenters. The number of fused-ring (bicyclic) bond motifs is 1. The van der Waals surface area contributed by atoms with Crippen LogP contribution in [0.4, 0.5) is 13.2 Å². The average molecular weight is 427 g/mol. The molecule has 0 N–H and O–H groups in total. The van der Waals surface area contributed by atoms with Gasteiger partial charge in [0.15, 0.2) is 12.2 Å². The highest BCUT2D eigenvalue weighted by molar-refractivity contribution is 8.14. The van der Waals surface area contributed by atoms with Gasteiger partial charge in [0.05, 0.1) is 5.04 Å². The van der Waals surface area contributed by atoms with E-state index in [1.807, 2.05) is 0 Å². The largest absolute Gasteiger partial charge is 0.463 e. The van der Waals surface area contributed by atoms with Gasteiger partial charge in [0.1, 0.15) is 24.2 Å². The van der Waals surface area contributed by atoms with Gasteiger partial charge in [0.25, 0.3) is 0 Å². The van der Waals surface area contributed by atoms with Crippen LogP contribution in [0.25, 0.3) is 0 Å². The first-order chi connectivity index (χ1) is 13.0. The Morgan fingerprint density at radius 2 is 1.68 bits per heavy atom.